The van der Waals surface area contributed by atoms with Crippen LogP contribution in [-0.2, 0) is 11.8 Å². The van der Waals surface area contributed by atoms with E-state index in [0.29, 0.717) is 5.52 Å². The lowest BCUT2D eigenvalue weighted by molar-refractivity contribution is 0.0508. The number of aryl methyl sites for hydroxylation is 1. The molecule has 0 unspecified atom stereocenters. The minimum atomic E-state index is -0.541. The van der Waals surface area contributed by atoms with Crippen molar-refractivity contribution in [2.24, 2.45) is 7.05 Å². The van der Waals surface area contributed by atoms with Crippen molar-refractivity contribution < 1.29 is 13.9 Å². The normalized spacial score (nSPS) is 10.7. The molecule has 0 bridgehead atoms. The van der Waals surface area contributed by atoms with Crippen LogP contribution in [0.2, 0.25) is 0 Å². The molecule has 0 aliphatic rings. The van der Waals surface area contributed by atoms with Crippen LogP contribution in [0.5, 0.6) is 0 Å². The van der Waals surface area contributed by atoms with Gasteiger partial charge in [0, 0.05) is 7.05 Å². The largest absolute Gasteiger partial charge is 0.460 e. The predicted octanol–water partition coefficient (Wildman–Crippen LogP) is 1.89. The molecule has 0 atom stereocenters. The van der Waals surface area contributed by atoms with Crippen molar-refractivity contribution in [2.75, 3.05) is 6.61 Å². The van der Waals surface area contributed by atoms with Gasteiger partial charge >= 0.3 is 5.97 Å². The van der Waals surface area contributed by atoms with E-state index in [1.165, 1.54) is 10.6 Å². The zero-order chi connectivity index (χ0) is 11.7. The standard InChI is InChI=1S/C11H11FN2O2/c1-3-16-11(15)10-13-9-7(12)5-4-6-8(9)14(10)2/h4-6H,3H2,1-2H3. The second kappa shape index (κ2) is 3.92. The van der Waals surface area contributed by atoms with Crippen molar-refractivity contribution in [1.82, 2.24) is 9.55 Å². The van der Waals surface area contributed by atoms with Gasteiger partial charge in [0.1, 0.15) is 5.52 Å². The number of carbonyl (C=O) groups is 1. The summed E-state index contributed by atoms with van der Waals surface area (Å²) in [6.45, 7) is 1.98. The van der Waals surface area contributed by atoms with Gasteiger partial charge in [0.2, 0.25) is 5.82 Å². The molecule has 0 aliphatic carbocycles. The molecular formula is C11H11FN2O2. The lowest BCUT2D eigenvalue weighted by Gasteiger charge is -2.01. The van der Waals surface area contributed by atoms with Gasteiger partial charge in [-0.1, -0.05) is 6.07 Å². The zero-order valence-corrected chi connectivity index (χ0v) is 9.03. The van der Waals surface area contributed by atoms with Gasteiger partial charge in [-0.15, -0.1) is 0 Å². The van der Waals surface area contributed by atoms with Crippen LogP contribution in [0.25, 0.3) is 11.0 Å². The summed E-state index contributed by atoms with van der Waals surface area (Å²) in [6.07, 6.45) is 0. The third kappa shape index (κ3) is 1.54. The second-order valence-corrected chi connectivity index (χ2v) is 3.32. The lowest BCUT2D eigenvalue weighted by atomic mass is 10.3. The first kappa shape index (κ1) is 10.6. The maximum Gasteiger partial charge on any atom is 0.374 e. The van der Waals surface area contributed by atoms with Crippen LogP contribution in [-0.4, -0.2) is 22.1 Å². The molecule has 5 heteroatoms. The Morgan fingerprint density at radius 3 is 2.94 bits per heavy atom. The molecule has 2 rings (SSSR count). The number of esters is 1. The molecule has 1 aromatic heterocycles. The first-order valence-electron chi connectivity index (χ1n) is 4.93. The third-order valence-corrected chi connectivity index (χ3v) is 2.32. The smallest absolute Gasteiger partial charge is 0.374 e. The number of hydrogen-bond donors (Lipinski definition) is 0. The highest BCUT2D eigenvalue weighted by Gasteiger charge is 2.17. The Balaban J connectivity index is 2.60. The van der Waals surface area contributed by atoms with Crippen LogP contribution in [0.3, 0.4) is 0 Å². The van der Waals surface area contributed by atoms with Crippen LogP contribution < -0.4 is 0 Å². The molecular weight excluding hydrogens is 211 g/mol. The minimum Gasteiger partial charge on any atom is -0.460 e. The number of rotatable bonds is 2. The van der Waals surface area contributed by atoms with E-state index in [9.17, 15) is 9.18 Å². The SMILES string of the molecule is CCOC(=O)c1nc2c(F)cccc2n1C. The van der Waals surface area contributed by atoms with Crippen LogP contribution in [0.15, 0.2) is 18.2 Å². The summed E-state index contributed by atoms with van der Waals surface area (Å²) in [4.78, 5) is 15.5. The fourth-order valence-corrected chi connectivity index (χ4v) is 1.56. The fraction of sp³-hybridized carbons (Fsp3) is 0.273. The highest BCUT2D eigenvalue weighted by Crippen LogP contribution is 2.18. The fourth-order valence-electron chi connectivity index (χ4n) is 1.56. The topological polar surface area (TPSA) is 44.1 Å². The molecule has 0 spiro atoms. The number of fused-ring (bicyclic) bond motifs is 1. The summed E-state index contributed by atoms with van der Waals surface area (Å²) in [6, 6.07) is 4.59. The van der Waals surface area contributed by atoms with Crippen molar-refractivity contribution in [3.63, 3.8) is 0 Å². The summed E-state index contributed by atoms with van der Waals surface area (Å²) in [5, 5.41) is 0. The maximum atomic E-state index is 13.4. The third-order valence-electron chi connectivity index (χ3n) is 2.32. The van der Waals surface area contributed by atoms with Crippen LogP contribution in [0.4, 0.5) is 4.39 Å². The Morgan fingerprint density at radius 1 is 1.56 bits per heavy atom. The van der Waals surface area contributed by atoms with Gasteiger partial charge in [-0.05, 0) is 19.1 Å². The molecule has 0 saturated carbocycles. The minimum absolute atomic E-state index is 0.113. The quantitative estimate of drug-likeness (QED) is 0.729. The number of imidazole rings is 1. The second-order valence-electron chi connectivity index (χ2n) is 3.32. The van der Waals surface area contributed by atoms with Gasteiger partial charge in [-0.25, -0.2) is 14.2 Å². The Labute approximate surface area is 91.7 Å². The molecule has 0 fully saturated rings. The molecule has 0 N–H and O–H groups in total. The van der Waals surface area contributed by atoms with Crippen LogP contribution in [0.1, 0.15) is 17.5 Å². The Hall–Kier alpha value is -1.91. The summed E-state index contributed by atoms with van der Waals surface area (Å²) < 4.78 is 19.8. The first-order chi connectivity index (χ1) is 7.65. The summed E-state index contributed by atoms with van der Waals surface area (Å²) in [5.74, 6) is -0.869. The van der Waals surface area contributed by atoms with Gasteiger partial charge < -0.3 is 9.30 Å². The van der Waals surface area contributed by atoms with E-state index >= 15 is 0 Å². The maximum absolute atomic E-state index is 13.4. The number of nitrogens with zero attached hydrogens (tertiary/aromatic N) is 2. The van der Waals surface area contributed by atoms with E-state index in [4.69, 9.17) is 4.74 Å². The van der Waals surface area contributed by atoms with Crippen molar-refractivity contribution in [3.05, 3.63) is 29.8 Å². The summed E-state index contributed by atoms with van der Waals surface area (Å²) in [7, 11) is 1.65. The molecule has 0 aliphatic heterocycles. The van der Waals surface area contributed by atoms with E-state index in [0.717, 1.165) is 0 Å². The van der Waals surface area contributed by atoms with Gasteiger partial charge in [0.25, 0.3) is 0 Å². The molecule has 4 nitrogen and oxygen atoms in total. The Bertz CT molecular complexity index is 548. The van der Waals surface area contributed by atoms with E-state index in [-0.39, 0.29) is 17.9 Å². The monoisotopic (exact) mass is 222 g/mol. The highest BCUT2D eigenvalue weighted by molar-refractivity contribution is 5.91. The number of aromatic nitrogens is 2. The summed E-state index contributed by atoms with van der Waals surface area (Å²) >= 11 is 0. The van der Waals surface area contributed by atoms with Crippen LogP contribution in [0, 0.1) is 5.82 Å². The molecule has 2 aromatic rings. The van der Waals surface area contributed by atoms with Gasteiger partial charge in [0.15, 0.2) is 5.82 Å². The number of hydrogen-bond acceptors (Lipinski definition) is 3. The van der Waals surface area contributed by atoms with Crippen molar-refractivity contribution in [1.29, 1.82) is 0 Å². The zero-order valence-electron chi connectivity index (χ0n) is 9.03. The van der Waals surface area contributed by atoms with Crippen molar-refractivity contribution in [3.8, 4) is 0 Å². The van der Waals surface area contributed by atoms with Gasteiger partial charge in [-0.3, -0.25) is 0 Å². The number of carbonyl (C=O) groups excluding carboxylic acids is 1. The van der Waals surface area contributed by atoms with Crippen LogP contribution >= 0.6 is 0 Å². The molecule has 1 aromatic carbocycles. The Kier molecular flexibility index (Phi) is 2.60. The van der Waals surface area contributed by atoms with Gasteiger partial charge in [-0.2, -0.15) is 0 Å². The molecule has 84 valence electrons. The molecule has 0 saturated heterocycles. The average molecular weight is 222 g/mol. The predicted molar refractivity (Wildman–Crippen MR) is 56.6 cm³/mol. The Morgan fingerprint density at radius 2 is 2.31 bits per heavy atom. The van der Waals surface area contributed by atoms with Crippen molar-refractivity contribution in [2.45, 2.75) is 6.92 Å². The number of benzene rings is 1. The van der Waals surface area contributed by atoms with Gasteiger partial charge in [0.05, 0.1) is 12.1 Å². The van der Waals surface area contributed by atoms with Crippen molar-refractivity contribution >= 4 is 17.0 Å². The molecule has 16 heavy (non-hydrogen) atoms. The van der Waals surface area contributed by atoms with E-state index in [2.05, 4.69) is 4.98 Å². The molecule has 0 radical (unpaired) electrons. The summed E-state index contributed by atoms with van der Waals surface area (Å²) in [5.41, 5.74) is 0.760. The first-order valence-corrected chi connectivity index (χ1v) is 4.93. The van der Waals surface area contributed by atoms with E-state index in [1.807, 2.05) is 0 Å². The average Bonchev–Trinajstić information content (AvgIpc) is 2.59. The number of halogens is 1. The molecule has 0 amide bonds. The van der Waals surface area contributed by atoms with E-state index in [1.54, 1.807) is 26.1 Å². The number of para-hydroxylation sites is 1. The molecule has 1 heterocycles. The van der Waals surface area contributed by atoms with E-state index < -0.39 is 11.8 Å². The number of ether oxygens (including phenoxy) is 1. The lowest BCUT2D eigenvalue weighted by Crippen LogP contribution is -2.11. The highest BCUT2D eigenvalue weighted by atomic mass is 19.1.